The van der Waals surface area contributed by atoms with Crippen LogP contribution in [-0.2, 0) is 14.3 Å². The number of pyridine rings is 1. The summed E-state index contributed by atoms with van der Waals surface area (Å²) in [6, 6.07) is 14.9. The molecule has 0 amide bonds. The maximum atomic E-state index is 13.5. The first-order valence-corrected chi connectivity index (χ1v) is 11.8. The normalized spacial score (nSPS) is 25.5. The van der Waals surface area contributed by atoms with Gasteiger partial charge in [-0.3, -0.25) is 19.4 Å². The maximum Gasteiger partial charge on any atom is 0.315 e. The standard InChI is InChI=1S/C27H28N2O4/c1-16-24(27(32)33-19-10-5-6-11-19)26(20-12-7-13-23(31)29-20)25-21(28-16)14-18(15-22(25)30)17-8-3-2-4-9-17/h2-4,7-9,12-13,18-19,24,26H,5-6,10-11,14-15H2,1H3,(H,29,31). The van der Waals surface area contributed by atoms with E-state index in [0.717, 1.165) is 36.9 Å². The van der Waals surface area contributed by atoms with E-state index in [0.29, 0.717) is 29.8 Å². The molecule has 0 spiro atoms. The maximum absolute atomic E-state index is 13.5. The lowest BCUT2D eigenvalue weighted by Crippen LogP contribution is -2.39. The van der Waals surface area contributed by atoms with Crippen LogP contribution in [0, 0.1) is 5.92 Å². The number of aromatic nitrogens is 1. The molecule has 2 heterocycles. The first kappa shape index (κ1) is 21.6. The number of carbonyl (C=O) groups excluding carboxylic acids is 2. The van der Waals surface area contributed by atoms with E-state index >= 15 is 0 Å². The van der Waals surface area contributed by atoms with E-state index in [1.54, 1.807) is 12.1 Å². The van der Waals surface area contributed by atoms with Crippen molar-refractivity contribution in [3.05, 3.63) is 81.4 Å². The Morgan fingerprint density at radius 2 is 1.76 bits per heavy atom. The van der Waals surface area contributed by atoms with Gasteiger partial charge in [-0.05, 0) is 56.6 Å². The molecular weight excluding hydrogens is 416 g/mol. The van der Waals surface area contributed by atoms with Crippen LogP contribution in [0.3, 0.4) is 0 Å². The smallest absolute Gasteiger partial charge is 0.315 e. The van der Waals surface area contributed by atoms with Crippen LogP contribution in [0.2, 0.25) is 0 Å². The van der Waals surface area contributed by atoms with Crippen molar-refractivity contribution < 1.29 is 14.3 Å². The number of esters is 1. The molecule has 1 fully saturated rings. The minimum absolute atomic E-state index is 0.0188. The number of nitrogens with one attached hydrogen (secondary N) is 1. The number of Topliss-reactive ketones (excluding diaryl/α,β-unsaturated/α-hetero) is 1. The zero-order valence-corrected chi connectivity index (χ0v) is 18.8. The molecule has 1 saturated carbocycles. The van der Waals surface area contributed by atoms with Gasteiger partial charge >= 0.3 is 5.97 Å². The average Bonchev–Trinajstić information content (AvgIpc) is 3.31. The monoisotopic (exact) mass is 444 g/mol. The SMILES string of the molecule is CC1=NC2=C(C(=O)CC(c3ccccc3)C2)C(c2cccc(=O)[nH]2)C1C(=O)OC1CCCC1. The first-order valence-electron chi connectivity index (χ1n) is 11.8. The second-order valence-electron chi connectivity index (χ2n) is 9.32. The number of nitrogens with zero attached hydrogens (tertiary/aromatic N) is 1. The Kier molecular flexibility index (Phi) is 5.83. The summed E-state index contributed by atoms with van der Waals surface area (Å²) in [5, 5.41) is 0. The number of aromatic amines is 1. The number of hydrogen-bond donors (Lipinski definition) is 1. The van der Waals surface area contributed by atoms with Crippen LogP contribution in [0.15, 0.2) is 69.6 Å². The number of ketones is 1. The van der Waals surface area contributed by atoms with Crippen molar-refractivity contribution in [1.82, 2.24) is 4.98 Å². The van der Waals surface area contributed by atoms with Gasteiger partial charge in [0.1, 0.15) is 12.0 Å². The quantitative estimate of drug-likeness (QED) is 0.707. The molecule has 2 aromatic rings. The second-order valence-corrected chi connectivity index (χ2v) is 9.32. The fraction of sp³-hybridized carbons (Fsp3) is 0.407. The van der Waals surface area contributed by atoms with Gasteiger partial charge in [-0.15, -0.1) is 0 Å². The number of aliphatic imine (C=N–C) groups is 1. The summed E-state index contributed by atoms with van der Waals surface area (Å²) >= 11 is 0. The van der Waals surface area contributed by atoms with Gasteiger partial charge in [-0.1, -0.05) is 36.4 Å². The van der Waals surface area contributed by atoms with Gasteiger partial charge in [0.05, 0.1) is 0 Å². The summed E-state index contributed by atoms with van der Waals surface area (Å²) in [6.45, 7) is 1.83. The predicted molar refractivity (Wildman–Crippen MR) is 125 cm³/mol. The highest BCUT2D eigenvalue weighted by Gasteiger charge is 2.45. The Morgan fingerprint density at radius 1 is 1.00 bits per heavy atom. The highest BCUT2D eigenvalue weighted by atomic mass is 16.5. The highest BCUT2D eigenvalue weighted by Crippen LogP contribution is 2.46. The number of H-pyrrole nitrogens is 1. The van der Waals surface area contributed by atoms with Crippen molar-refractivity contribution in [1.29, 1.82) is 0 Å². The molecule has 3 atom stereocenters. The number of rotatable bonds is 4. The average molecular weight is 445 g/mol. The van der Waals surface area contributed by atoms with Crippen molar-refractivity contribution in [2.24, 2.45) is 10.9 Å². The lowest BCUT2D eigenvalue weighted by atomic mass is 9.70. The third-order valence-corrected chi connectivity index (χ3v) is 7.12. The minimum atomic E-state index is -0.723. The summed E-state index contributed by atoms with van der Waals surface area (Å²) in [4.78, 5) is 46.7. The molecule has 1 aromatic carbocycles. The molecule has 170 valence electrons. The van der Waals surface area contributed by atoms with Crippen LogP contribution in [0.25, 0.3) is 0 Å². The topological polar surface area (TPSA) is 88.6 Å². The van der Waals surface area contributed by atoms with Crippen molar-refractivity contribution in [2.45, 2.75) is 63.4 Å². The zero-order valence-electron chi connectivity index (χ0n) is 18.8. The Morgan fingerprint density at radius 3 is 2.48 bits per heavy atom. The van der Waals surface area contributed by atoms with E-state index in [2.05, 4.69) is 4.98 Å². The Balaban J connectivity index is 1.56. The zero-order chi connectivity index (χ0) is 22.9. The Bertz CT molecular complexity index is 1190. The molecule has 6 heteroatoms. The van der Waals surface area contributed by atoms with Crippen LogP contribution in [0.4, 0.5) is 0 Å². The van der Waals surface area contributed by atoms with Gasteiger partial charge in [-0.25, -0.2) is 0 Å². The summed E-state index contributed by atoms with van der Waals surface area (Å²) in [6.07, 6.45) is 4.75. The number of carbonyl (C=O) groups is 2. The van der Waals surface area contributed by atoms with E-state index in [1.807, 2.05) is 37.3 Å². The molecule has 0 radical (unpaired) electrons. The number of allylic oxidation sites excluding steroid dienone is 2. The molecule has 33 heavy (non-hydrogen) atoms. The van der Waals surface area contributed by atoms with Crippen LogP contribution < -0.4 is 5.56 Å². The van der Waals surface area contributed by atoms with Crippen LogP contribution >= 0.6 is 0 Å². The molecule has 3 aliphatic rings. The van der Waals surface area contributed by atoms with Crippen molar-refractivity contribution in [3.63, 3.8) is 0 Å². The summed E-state index contributed by atoms with van der Waals surface area (Å²) < 4.78 is 5.86. The molecule has 5 rings (SSSR count). The lowest BCUT2D eigenvalue weighted by Gasteiger charge is -2.36. The van der Waals surface area contributed by atoms with Crippen LogP contribution in [0.5, 0.6) is 0 Å². The number of hydrogen-bond acceptors (Lipinski definition) is 5. The van der Waals surface area contributed by atoms with Gasteiger partial charge in [0, 0.05) is 41.1 Å². The van der Waals surface area contributed by atoms with Crippen molar-refractivity contribution >= 4 is 17.5 Å². The van der Waals surface area contributed by atoms with E-state index in [4.69, 9.17) is 9.73 Å². The van der Waals surface area contributed by atoms with E-state index < -0.39 is 11.8 Å². The molecule has 0 saturated heterocycles. The highest BCUT2D eigenvalue weighted by molar-refractivity contribution is 6.09. The van der Waals surface area contributed by atoms with Gasteiger partial charge in [0.15, 0.2) is 5.78 Å². The third-order valence-electron chi connectivity index (χ3n) is 7.12. The third kappa shape index (κ3) is 4.22. The van der Waals surface area contributed by atoms with Gasteiger partial charge in [-0.2, -0.15) is 0 Å². The van der Waals surface area contributed by atoms with Gasteiger partial charge in [0.25, 0.3) is 0 Å². The summed E-state index contributed by atoms with van der Waals surface area (Å²) in [7, 11) is 0. The predicted octanol–water partition coefficient (Wildman–Crippen LogP) is 4.44. The molecule has 3 unspecified atom stereocenters. The largest absolute Gasteiger partial charge is 0.462 e. The van der Waals surface area contributed by atoms with E-state index in [1.165, 1.54) is 6.07 Å². The van der Waals surface area contributed by atoms with E-state index in [-0.39, 0.29) is 29.3 Å². The molecule has 0 bridgehead atoms. The Hall–Kier alpha value is -3.28. The van der Waals surface area contributed by atoms with Gasteiger partial charge in [0.2, 0.25) is 5.56 Å². The fourth-order valence-corrected chi connectivity index (χ4v) is 5.55. The Labute approximate surface area is 192 Å². The summed E-state index contributed by atoms with van der Waals surface area (Å²) in [5.41, 5.74) is 3.30. The molecule has 1 aliphatic heterocycles. The second kappa shape index (κ2) is 8.93. The first-order chi connectivity index (χ1) is 16.0. The fourth-order valence-electron chi connectivity index (χ4n) is 5.55. The molecule has 6 nitrogen and oxygen atoms in total. The van der Waals surface area contributed by atoms with Gasteiger partial charge < -0.3 is 9.72 Å². The number of ether oxygens (including phenoxy) is 1. The van der Waals surface area contributed by atoms with Crippen LogP contribution in [-0.4, -0.2) is 28.6 Å². The molecule has 1 N–H and O–H groups in total. The molecule has 1 aromatic heterocycles. The number of benzene rings is 1. The summed E-state index contributed by atoms with van der Waals surface area (Å²) in [5.74, 6) is -1.65. The van der Waals surface area contributed by atoms with Crippen LogP contribution in [0.1, 0.15) is 68.5 Å². The lowest BCUT2D eigenvalue weighted by molar-refractivity contribution is -0.151. The molecule has 2 aliphatic carbocycles. The molecular formula is C27H28N2O4. The van der Waals surface area contributed by atoms with Crippen molar-refractivity contribution in [2.75, 3.05) is 0 Å². The minimum Gasteiger partial charge on any atom is -0.462 e. The van der Waals surface area contributed by atoms with Crippen molar-refractivity contribution in [3.8, 4) is 0 Å². The van der Waals surface area contributed by atoms with E-state index in [9.17, 15) is 14.4 Å².